The van der Waals surface area contributed by atoms with Crippen molar-refractivity contribution in [2.24, 2.45) is 5.73 Å². The summed E-state index contributed by atoms with van der Waals surface area (Å²) in [5.74, 6) is -0.894. The summed E-state index contributed by atoms with van der Waals surface area (Å²) >= 11 is 6.69. The average Bonchev–Trinajstić information content (AvgIpc) is 2.60. The van der Waals surface area contributed by atoms with E-state index in [0.29, 0.717) is 25.9 Å². The van der Waals surface area contributed by atoms with Crippen molar-refractivity contribution in [1.29, 1.82) is 5.26 Å². The summed E-state index contributed by atoms with van der Waals surface area (Å²) in [7, 11) is 0. The fraction of sp³-hybridized carbons (Fsp3) is 0.105. The predicted octanol–water partition coefficient (Wildman–Crippen LogP) is 3.93. The Morgan fingerprint density at radius 2 is 2.00 bits per heavy atom. The Morgan fingerprint density at radius 3 is 2.63 bits per heavy atom. The van der Waals surface area contributed by atoms with E-state index in [4.69, 9.17) is 10.5 Å². The molecule has 0 atom stereocenters. The van der Waals surface area contributed by atoms with Gasteiger partial charge in [0.05, 0.1) is 4.47 Å². The summed E-state index contributed by atoms with van der Waals surface area (Å²) in [5, 5.41) is 12.1. The number of benzene rings is 2. The van der Waals surface area contributed by atoms with Crippen molar-refractivity contribution >= 4 is 55.4 Å². The zero-order valence-corrected chi connectivity index (χ0v) is 17.4. The molecular formula is C19H15Br2N3O3. The van der Waals surface area contributed by atoms with Crippen LogP contribution in [0.1, 0.15) is 11.1 Å². The monoisotopic (exact) mass is 491 g/mol. The standard InChI is InChI=1S/C19H15Br2N3O3/c1-11-4-2-3-5-16(11)24-19(26)13(9-22)6-12-7-14(20)8-15(21)18(12)27-10-17(23)25/h2-8H,10H2,1H3,(H2,23,25)(H,24,26)/b13-6-. The lowest BCUT2D eigenvalue weighted by Crippen LogP contribution is -2.20. The maximum Gasteiger partial charge on any atom is 0.266 e. The molecule has 0 heterocycles. The van der Waals surface area contributed by atoms with Crippen LogP contribution in [-0.4, -0.2) is 18.4 Å². The number of aryl methyl sites for hydroxylation is 1. The molecule has 138 valence electrons. The topological polar surface area (TPSA) is 105 Å². The van der Waals surface area contributed by atoms with E-state index in [9.17, 15) is 14.9 Å². The number of nitrogens with two attached hydrogens (primary N) is 1. The summed E-state index contributed by atoms with van der Waals surface area (Å²) < 4.78 is 6.66. The third kappa shape index (κ3) is 5.67. The number of halogens is 2. The van der Waals surface area contributed by atoms with E-state index in [1.54, 1.807) is 24.3 Å². The number of anilines is 1. The van der Waals surface area contributed by atoms with E-state index in [2.05, 4.69) is 37.2 Å². The normalized spacial score (nSPS) is 10.8. The van der Waals surface area contributed by atoms with Gasteiger partial charge in [-0.05, 0) is 52.7 Å². The number of nitrogens with one attached hydrogen (secondary N) is 1. The van der Waals surface area contributed by atoms with Crippen molar-refractivity contribution in [3.8, 4) is 11.8 Å². The third-order valence-corrected chi connectivity index (χ3v) is 4.50. The van der Waals surface area contributed by atoms with Crippen LogP contribution in [0.2, 0.25) is 0 Å². The molecule has 0 fully saturated rings. The highest BCUT2D eigenvalue weighted by Gasteiger charge is 2.15. The first-order chi connectivity index (χ1) is 12.8. The lowest BCUT2D eigenvalue weighted by atomic mass is 10.1. The summed E-state index contributed by atoms with van der Waals surface area (Å²) in [6.07, 6.45) is 1.39. The molecule has 0 aliphatic heterocycles. The quantitative estimate of drug-likeness (QED) is 0.470. The van der Waals surface area contributed by atoms with Gasteiger partial charge in [0.1, 0.15) is 17.4 Å². The van der Waals surface area contributed by atoms with E-state index >= 15 is 0 Å². The number of nitriles is 1. The van der Waals surface area contributed by atoms with Crippen molar-refractivity contribution in [3.63, 3.8) is 0 Å². The van der Waals surface area contributed by atoms with Crippen LogP contribution in [0.5, 0.6) is 5.75 Å². The minimum atomic E-state index is -0.641. The minimum absolute atomic E-state index is 0.118. The van der Waals surface area contributed by atoms with E-state index in [0.717, 1.165) is 5.56 Å². The number of hydrogen-bond acceptors (Lipinski definition) is 4. The van der Waals surface area contributed by atoms with Crippen molar-refractivity contribution in [3.05, 3.63) is 62.0 Å². The van der Waals surface area contributed by atoms with Crippen LogP contribution in [0.15, 0.2) is 50.9 Å². The SMILES string of the molecule is Cc1ccccc1NC(=O)/C(C#N)=C\c1cc(Br)cc(Br)c1OCC(N)=O. The smallest absolute Gasteiger partial charge is 0.266 e. The number of ether oxygens (including phenoxy) is 1. The number of amides is 2. The van der Waals surface area contributed by atoms with Gasteiger partial charge in [0.2, 0.25) is 0 Å². The highest BCUT2D eigenvalue weighted by Crippen LogP contribution is 2.34. The number of hydrogen-bond donors (Lipinski definition) is 2. The van der Waals surface area contributed by atoms with Crippen molar-refractivity contribution in [1.82, 2.24) is 0 Å². The van der Waals surface area contributed by atoms with Gasteiger partial charge in [0.25, 0.3) is 11.8 Å². The molecule has 0 saturated heterocycles. The molecule has 2 rings (SSSR count). The molecule has 0 aromatic heterocycles. The Kier molecular flexibility index (Phi) is 7.16. The third-order valence-electron chi connectivity index (χ3n) is 3.45. The number of rotatable bonds is 6. The van der Waals surface area contributed by atoms with Crippen LogP contribution in [0.25, 0.3) is 6.08 Å². The lowest BCUT2D eigenvalue weighted by molar-refractivity contribution is -0.120. The molecule has 3 N–H and O–H groups in total. The second-order valence-electron chi connectivity index (χ2n) is 5.50. The maximum absolute atomic E-state index is 12.5. The Morgan fingerprint density at radius 1 is 1.30 bits per heavy atom. The zero-order chi connectivity index (χ0) is 20.0. The van der Waals surface area contributed by atoms with Crippen LogP contribution in [0.4, 0.5) is 5.69 Å². The predicted molar refractivity (Wildman–Crippen MR) is 110 cm³/mol. The average molecular weight is 493 g/mol. The molecule has 0 aliphatic carbocycles. The zero-order valence-electron chi connectivity index (χ0n) is 14.3. The van der Waals surface area contributed by atoms with Crippen molar-refractivity contribution in [2.45, 2.75) is 6.92 Å². The second kappa shape index (κ2) is 9.35. The van der Waals surface area contributed by atoms with E-state index < -0.39 is 11.8 Å². The van der Waals surface area contributed by atoms with Gasteiger partial charge in [0, 0.05) is 15.7 Å². The molecule has 0 bridgehead atoms. The second-order valence-corrected chi connectivity index (χ2v) is 7.27. The van der Waals surface area contributed by atoms with E-state index in [1.165, 1.54) is 6.08 Å². The van der Waals surface area contributed by atoms with E-state index in [-0.39, 0.29) is 12.2 Å². The lowest BCUT2D eigenvalue weighted by Gasteiger charge is -2.12. The van der Waals surface area contributed by atoms with Gasteiger partial charge in [-0.2, -0.15) is 5.26 Å². The first-order valence-electron chi connectivity index (χ1n) is 7.70. The van der Waals surface area contributed by atoms with Gasteiger partial charge >= 0.3 is 0 Å². The van der Waals surface area contributed by atoms with E-state index in [1.807, 2.05) is 25.1 Å². The molecule has 8 heteroatoms. The Hall–Kier alpha value is -2.63. The van der Waals surface area contributed by atoms with Crippen LogP contribution in [0.3, 0.4) is 0 Å². The van der Waals surface area contributed by atoms with Crippen molar-refractivity contribution < 1.29 is 14.3 Å². The molecule has 0 aliphatic rings. The molecule has 0 spiro atoms. The van der Waals surface area contributed by atoms with Gasteiger partial charge in [-0.15, -0.1) is 0 Å². The summed E-state index contributed by atoms with van der Waals surface area (Å²) in [6.45, 7) is 1.52. The molecule has 0 unspecified atom stereocenters. The Labute approximate surface area is 173 Å². The van der Waals surface area contributed by atoms with Crippen LogP contribution < -0.4 is 15.8 Å². The molecule has 27 heavy (non-hydrogen) atoms. The van der Waals surface area contributed by atoms with Gasteiger partial charge in [-0.3, -0.25) is 9.59 Å². The molecule has 2 aromatic carbocycles. The molecule has 0 radical (unpaired) electrons. The first-order valence-corrected chi connectivity index (χ1v) is 9.29. The van der Waals surface area contributed by atoms with Crippen LogP contribution in [-0.2, 0) is 9.59 Å². The van der Waals surface area contributed by atoms with Crippen molar-refractivity contribution in [2.75, 3.05) is 11.9 Å². The largest absolute Gasteiger partial charge is 0.482 e. The number of para-hydroxylation sites is 1. The number of nitrogens with zero attached hydrogens (tertiary/aromatic N) is 1. The highest BCUT2D eigenvalue weighted by molar-refractivity contribution is 9.11. The molecule has 0 saturated carbocycles. The molecule has 6 nitrogen and oxygen atoms in total. The number of primary amides is 1. The summed E-state index contributed by atoms with van der Waals surface area (Å²) in [5.41, 5.74) is 6.94. The van der Waals surface area contributed by atoms with Gasteiger partial charge in [-0.1, -0.05) is 34.1 Å². The van der Waals surface area contributed by atoms with Gasteiger partial charge < -0.3 is 15.8 Å². The number of carbonyl (C=O) groups excluding carboxylic acids is 2. The minimum Gasteiger partial charge on any atom is -0.482 e. The molecular weight excluding hydrogens is 478 g/mol. The summed E-state index contributed by atoms with van der Waals surface area (Å²) in [4.78, 5) is 23.5. The highest BCUT2D eigenvalue weighted by atomic mass is 79.9. The van der Waals surface area contributed by atoms with Gasteiger partial charge in [0.15, 0.2) is 6.61 Å². The Balaban J connectivity index is 2.39. The Bertz CT molecular complexity index is 965. The fourth-order valence-corrected chi connectivity index (χ4v) is 3.56. The maximum atomic E-state index is 12.5. The molecule has 2 amide bonds. The van der Waals surface area contributed by atoms with Crippen LogP contribution in [0, 0.1) is 18.3 Å². The van der Waals surface area contributed by atoms with Gasteiger partial charge in [-0.25, -0.2) is 0 Å². The fourth-order valence-electron chi connectivity index (χ4n) is 2.19. The number of carbonyl (C=O) groups is 2. The molecule has 2 aromatic rings. The van der Waals surface area contributed by atoms with Crippen LogP contribution >= 0.6 is 31.9 Å². The first kappa shape index (κ1) is 20.7. The summed E-state index contributed by atoms with van der Waals surface area (Å²) in [6, 6.07) is 12.5.